The number of imidazole rings is 1. The van der Waals surface area contributed by atoms with E-state index < -0.39 is 17.7 Å². The Bertz CT molecular complexity index is 1590. The maximum Gasteiger partial charge on any atom is 0.226 e. The van der Waals surface area contributed by atoms with Crippen molar-refractivity contribution in [2.75, 3.05) is 13.2 Å². The van der Waals surface area contributed by atoms with Crippen LogP contribution in [0.2, 0.25) is 0 Å². The van der Waals surface area contributed by atoms with Crippen molar-refractivity contribution in [1.29, 1.82) is 0 Å². The number of H-pyrrole nitrogens is 1. The number of aryl methyl sites for hydroxylation is 1. The molecule has 1 aliphatic heterocycles. The predicted molar refractivity (Wildman–Crippen MR) is 153 cm³/mol. The molecule has 41 heavy (non-hydrogen) atoms. The molecule has 4 unspecified atom stereocenters. The number of hydrogen-bond donors (Lipinski definition) is 2. The molecular formula is C33H35F2N3O3. The highest BCUT2D eigenvalue weighted by atomic mass is 19.2. The Balaban J connectivity index is 1.21. The molecule has 3 aromatic carbocycles. The Kier molecular flexibility index (Phi) is 7.51. The van der Waals surface area contributed by atoms with Crippen LogP contribution in [0.15, 0.2) is 54.6 Å². The first-order chi connectivity index (χ1) is 19.7. The van der Waals surface area contributed by atoms with Gasteiger partial charge in [0.2, 0.25) is 5.91 Å². The Labute approximate surface area is 238 Å². The maximum atomic E-state index is 14.0. The third kappa shape index (κ3) is 5.71. The second kappa shape index (κ2) is 11.2. The molecule has 1 saturated carbocycles. The highest BCUT2D eigenvalue weighted by Crippen LogP contribution is 2.39. The van der Waals surface area contributed by atoms with E-state index in [2.05, 4.69) is 28.2 Å². The fraction of sp³-hybridized carbons (Fsp3) is 0.394. The number of nitrogens with one attached hydrogen (secondary N) is 1. The predicted octanol–water partition coefficient (Wildman–Crippen LogP) is 6.51. The number of aromatic nitrogens is 2. The van der Waals surface area contributed by atoms with E-state index in [1.165, 1.54) is 6.07 Å². The zero-order chi connectivity index (χ0) is 28.7. The van der Waals surface area contributed by atoms with Crippen LogP contribution in [0, 0.1) is 30.4 Å². The molecule has 2 N–H and O–H groups in total. The minimum Gasteiger partial charge on any atom is -0.491 e. The molecule has 2 heterocycles. The van der Waals surface area contributed by atoms with Crippen LogP contribution >= 0.6 is 0 Å². The van der Waals surface area contributed by atoms with Crippen LogP contribution in [-0.4, -0.2) is 45.1 Å². The summed E-state index contributed by atoms with van der Waals surface area (Å²) in [4.78, 5) is 23.5. The van der Waals surface area contributed by atoms with Gasteiger partial charge >= 0.3 is 0 Å². The lowest BCUT2D eigenvalue weighted by atomic mass is 9.81. The fourth-order valence-electron chi connectivity index (χ4n) is 6.49. The summed E-state index contributed by atoms with van der Waals surface area (Å²) in [7, 11) is 0. The first kappa shape index (κ1) is 27.4. The van der Waals surface area contributed by atoms with Crippen LogP contribution in [-0.2, 0) is 11.3 Å². The van der Waals surface area contributed by atoms with Crippen LogP contribution in [0.1, 0.15) is 55.5 Å². The fourth-order valence-corrected chi connectivity index (χ4v) is 6.49. The Hall–Kier alpha value is -3.78. The van der Waals surface area contributed by atoms with Gasteiger partial charge < -0.3 is 19.7 Å². The summed E-state index contributed by atoms with van der Waals surface area (Å²) in [6.07, 6.45) is 1.85. The van der Waals surface area contributed by atoms with Crippen molar-refractivity contribution in [3.8, 4) is 16.9 Å². The molecule has 6 rings (SSSR count). The Morgan fingerprint density at radius 2 is 1.85 bits per heavy atom. The zero-order valence-electron chi connectivity index (χ0n) is 23.4. The molecule has 4 aromatic rings. The van der Waals surface area contributed by atoms with Crippen molar-refractivity contribution >= 4 is 16.9 Å². The summed E-state index contributed by atoms with van der Waals surface area (Å²) in [5.74, 6) is -0.487. The molecule has 8 heteroatoms. The van der Waals surface area contributed by atoms with E-state index in [-0.39, 0.29) is 23.7 Å². The van der Waals surface area contributed by atoms with Gasteiger partial charge in [0.15, 0.2) is 11.6 Å². The number of aromatic amines is 1. The number of nitrogens with zero attached hydrogens (tertiary/aromatic N) is 2. The number of aliphatic hydroxyl groups excluding tert-OH is 1. The molecule has 1 fully saturated rings. The van der Waals surface area contributed by atoms with Crippen LogP contribution in [0.3, 0.4) is 0 Å². The first-order valence-electron chi connectivity index (χ1n) is 14.4. The van der Waals surface area contributed by atoms with Gasteiger partial charge in [0.05, 0.1) is 23.7 Å². The van der Waals surface area contributed by atoms with Crippen LogP contribution in [0.4, 0.5) is 8.78 Å². The minimum atomic E-state index is -0.885. The van der Waals surface area contributed by atoms with Gasteiger partial charge in [0.1, 0.15) is 18.2 Å². The number of carbonyl (C=O) groups is 1. The highest BCUT2D eigenvalue weighted by Gasteiger charge is 2.34. The van der Waals surface area contributed by atoms with Gasteiger partial charge in [0, 0.05) is 18.0 Å². The number of carbonyl (C=O) groups excluding carboxylic acids is 1. The second-order valence-electron chi connectivity index (χ2n) is 11.6. The number of fused-ring (bicyclic) bond motifs is 2. The van der Waals surface area contributed by atoms with E-state index in [1.807, 2.05) is 36.9 Å². The van der Waals surface area contributed by atoms with E-state index >= 15 is 0 Å². The Morgan fingerprint density at radius 1 is 1.05 bits per heavy atom. The lowest BCUT2D eigenvalue weighted by Gasteiger charge is -2.30. The van der Waals surface area contributed by atoms with Gasteiger partial charge in [-0.3, -0.25) is 4.79 Å². The van der Waals surface area contributed by atoms with E-state index in [9.17, 15) is 18.7 Å². The molecule has 4 atom stereocenters. The van der Waals surface area contributed by atoms with Crippen molar-refractivity contribution in [3.63, 3.8) is 0 Å². The van der Waals surface area contributed by atoms with Gasteiger partial charge in [-0.1, -0.05) is 25.1 Å². The molecule has 0 spiro atoms. The lowest BCUT2D eigenvalue weighted by molar-refractivity contribution is -0.137. The van der Waals surface area contributed by atoms with Crippen molar-refractivity contribution in [1.82, 2.24) is 14.9 Å². The third-order valence-corrected chi connectivity index (χ3v) is 8.81. The van der Waals surface area contributed by atoms with E-state index in [4.69, 9.17) is 4.74 Å². The van der Waals surface area contributed by atoms with Gasteiger partial charge in [-0.15, -0.1) is 0 Å². The van der Waals surface area contributed by atoms with Gasteiger partial charge in [-0.25, -0.2) is 13.8 Å². The summed E-state index contributed by atoms with van der Waals surface area (Å²) < 4.78 is 33.6. The number of benzene rings is 3. The normalized spacial score (nSPS) is 22.0. The summed E-state index contributed by atoms with van der Waals surface area (Å²) in [6, 6.07) is 16.2. The van der Waals surface area contributed by atoms with E-state index in [0.29, 0.717) is 50.9 Å². The molecule has 2 aliphatic rings. The number of rotatable bonds is 4. The van der Waals surface area contributed by atoms with E-state index in [1.54, 1.807) is 6.07 Å². The summed E-state index contributed by atoms with van der Waals surface area (Å²) in [5.41, 5.74) is 5.62. The molecular weight excluding hydrogens is 524 g/mol. The van der Waals surface area contributed by atoms with Crippen molar-refractivity contribution in [3.05, 3.63) is 83.2 Å². The summed E-state index contributed by atoms with van der Waals surface area (Å²) >= 11 is 0. The SMILES string of the molecule is Cc1nc2ccc(-c3ccc4c(c3)CN(C(=O)C(C)C3CCC(O)CC(c5ccc(F)c(F)c5)C3)CCO4)cc2[nH]1. The standard InChI is InChI=1S/C33H35F2N3O3/c1-19(21-3-7-27(39)15-25(13-21)23-4-8-28(34)29(35)16-23)33(40)38-11-12-41-32-10-6-22(14-26(32)18-38)24-5-9-30-31(17-24)37-20(2)36-30/h4-6,8-10,14,16-17,19,21,25,27,39H,3,7,11-13,15,18H2,1-2H3,(H,36,37). The monoisotopic (exact) mass is 559 g/mol. The molecule has 1 aromatic heterocycles. The van der Waals surface area contributed by atoms with Crippen molar-refractivity contribution in [2.45, 2.75) is 58.1 Å². The Morgan fingerprint density at radius 3 is 2.68 bits per heavy atom. The van der Waals surface area contributed by atoms with Crippen molar-refractivity contribution in [2.24, 2.45) is 11.8 Å². The summed E-state index contributed by atoms with van der Waals surface area (Å²) in [5, 5.41) is 10.6. The quantitative estimate of drug-likeness (QED) is 0.280. The number of halogens is 2. The molecule has 1 amide bonds. The molecule has 0 radical (unpaired) electrons. The average molecular weight is 560 g/mol. The maximum absolute atomic E-state index is 14.0. The number of amides is 1. The third-order valence-electron chi connectivity index (χ3n) is 8.81. The molecule has 214 valence electrons. The number of hydrogen-bond acceptors (Lipinski definition) is 4. The second-order valence-corrected chi connectivity index (χ2v) is 11.6. The average Bonchev–Trinajstić information content (AvgIpc) is 3.09. The number of aliphatic hydroxyl groups is 1. The van der Waals surface area contributed by atoms with Gasteiger partial charge in [-0.2, -0.15) is 0 Å². The molecule has 6 nitrogen and oxygen atoms in total. The smallest absolute Gasteiger partial charge is 0.226 e. The van der Waals surface area contributed by atoms with Crippen LogP contribution in [0.5, 0.6) is 5.75 Å². The largest absolute Gasteiger partial charge is 0.491 e. The topological polar surface area (TPSA) is 78.5 Å². The first-order valence-corrected chi connectivity index (χ1v) is 14.4. The van der Waals surface area contributed by atoms with E-state index in [0.717, 1.165) is 45.4 Å². The summed E-state index contributed by atoms with van der Waals surface area (Å²) in [6.45, 7) is 5.23. The van der Waals surface area contributed by atoms with Crippen molar-refractivity contribution < 1.29 is 23.4 Å². The van der Waals surface area contributed by atoms with Gasteiger partial charge in [0.25, 0.3) is 0 Å². The zero-order valence-corrected chi connectivity index (χ0v) is 23.4. The molecule has 0 bridgehead atoms. The highest BCUT2D eigenvalue weighted by molar-refractivity contribution is 5.82. The minimum absolute atomic E-state index is 0.0114. The number of ether oxygens (including phenoxy) is 1. The lowest BCUT2D eigenvalue weighted by Crippen LogP contribution is -2.39. The van der Waals surface area contributed by atoms with Gasteiger partial charge in [-0.05, 0) is 97.5 Å². The van der Waals surface area contributed by atoms with Crippen LogP contribution in [0.25, 0.3) is 22.2 Å². The van der Waals surface area contributed by atoms with Crippen LogP contribution < -0.4 is 4.74 Å². The molecule has 1 aliphatic carbocycles. The molecule has 0 saturated heterocycles.